The van der Waals surface area contributed by atoms with Crippen LogP contribution < -0.4 is 0 Å². The quantitative estimate of drug-likeness (QED) is 0.246. The topological polar surface area (TPSA) is 168 Å². The zero-order valence-corrected chi connectivity index (χ0v) is 18.1. The third-order valence-electron chi connectivity index (χ3n) is 3.47. The first-order valence-corrected chi connectivity index (χ1v) is 12.1. The maximum atomic E-state index is 12.1. The molecule has 0 fully saturated rings. The van der Waals surface area contributed by atoms with Gasteiger partial charge in [0.15, 0.2) is 10.6 Å². The van der Waals surface area contributed by atoms with E-state index in [-0.39, 0.29) is 12.3 Å². The molecular formula is C18H16O10P2S. The SMILES string of the molecule is O=C(OSOC(=O)C(=Cc1ccccc1)P(=O)(O)O)C(=Cc1ccccc1)P(=O)(O)O. The molecule has 0 saturated heterocycles. The summed E-state index contributed by atoms with van der Waals surface area (Å²) in [5.41, 5.74) is 0.601. The highest BCUT2D eigenvalue weighted by Crippen LogP contribution is 2.48. The van der Waals surface area contributed by atoms with Crippen molar-refractivity contribution in [1.82, 2.24) is 0 Å². The van der Waals surface area contributed by atoms with Crippen LogP contribution in [-0.2, 0) is 27.1 Å². The third kappa shape index (κ3) is 7.93. The fourth-order valence-corrected chi connectivity index (χ4v) is 3.76. The highest BCUT2D eigenvalue weighted by molar-refractivity contribution is 7.90. The smallest absolute Gasteiger partial charge is 0.350 e. The van der Waals surface area contributed by atoms with Crippen molar-refractivity contribution < 1.29 is 46.7 Å². The van der Waals surface area contributed by atoms with Crippen LogP contribution >= 0.6 is 27.5 Å². The first kappa shape index (κ1) is 24.8. The summed E-state index contributed by atoms with van der Waals surface area (Å²) >= 11 is -0.288. The van der Waals surface area contributed by atoms with Gasteiger partial charge in [-0.3, -0.25) is 9.13 Å². The predicted octanol–water partition coefficient (Wildman–Crippen LogP) is 3.07. The van der Waals surface area contributed by atoms with Crippen molar-refractivity contribution in [2.75, 3.05) is 0 Å². The van der Waals surface area contributed by atoms with Crippen molar-refractivity contribution in [2.45, 2.75) is 0 Å². The van der Waals surface area contributed by atoms with E-state index in [1.807, 2.05) is 0 Å². The first-order valence-electron chi connectivity index (χ1n) is 8.24. The van der Waals surface area contributed by atoms with Crippen molar-refractivity contribution in [3.8, 4) is 0 Å². The molecule has 0 unspecified atom stereocenters. The molecule has 0 amide bonds. The van der Waals surface area contributed by atoms with Crippen LogP contribution in [0.5, 0.6) is 0 Å². The molecule has 31 heavy (non-hydrogen) atoms. The largest absolute Gasteiger partial charge is 0.363 e. The second-order valence-corrected chi connectivity index (χ2v) is 9.39. The molecule has 0 radical (unpaired) electrons. The minimum atomic E-state index is -5.06. The predicted molar refractivity (Wildman–Crippen MR) is 113 cm³/mol. The number of benzene rings is 2. The van der Waals surface area contributed by atoms with Crippen molar-refractivity contribution in [3.05, 3.63) is 82.4 Å². The molecule has 164 valence electrons. The zero-order chi connectivity index (χ0) is 23.1. The van der Waals surface area contributed by atoms with Crippen LogP contribution in [0.2, 0.25) is 0 Å². The molecule has 0 saturated carbocycles. The van der Waals surface area contributed by atoms with Gasteiger partial charge in [0.25, 0.3) is 12.3 Å². The second-order valence-electron chi connectivity index (χ2n) is 5.78. The van der Waals surface area contributed by atoms with Gasteiger partial charge in [0.2, 0.25) is 0 Å². The molecule has 0 aliphatic heterocycles. The lowest BCUT2D eigenvalue weighted by molar-refractivity contribution is -0.130. The van der Waals surface area contributed by atoms with E-state index >= 15 is 0 Å². The molecule has 0 atom stereocenters. The Morgan fingerprint density at radius 3 is 1.29 bits per heavy atom. The Balaban J connectivity index is 2.12. The highest BCUT2D eigenvalue weighted by atomic mass is 32.2. The van der Waals surface area contributed by atoms with Crippen LogP contribution in [0.4, 0.5) is 0 Å². The van der Waals surface area contributed by atoms with Gasteiger partial charge in [-0.2, -0.15) is 0 Å². The molecule has 2 aromatic rings. The minimum Gasteiger partial charge on any atom is -0.350 e. The summed E-state index contributed by atoms with van der Waals surface area (Å²) < 4.78 is 32.2. The van der Waals surface area contributed by atoms with Crippen molar-refractivity contribution in [3.63, 3.8) is 0 Å². The molecule has 0 aliphatic carbocycles. The summed E-state index contributed by atoms with van der Waals surface area (Å²) in [4.78, 5) is 61.7. The fraction of sp³-hybridized carbons (Fsp3) is 0. The van der Waals surface area contributed by atoms with E-state index in [0.717, 1.165) is 12.2 Å². The molecule has 2 rings (SSSR count). The minimum absolute atomic E-state index is 0.288. The summed E-state index contributed by atoms with van der Waals surface area (Å²) in [6.07, 6.45) is 1.81. The molecule has 0 aliphatic rings. The van der Waals surface area contributed by atoms with Crippen LogP contribution in [0.25, 0.3) is 12.2 Å². The van der Waals surface area contributed by atoms with Crippen LogP contribution in [0.1, 0.15) is 11.1 Å². The van der Waals surface area contributed by atoms with Gasteiger partial charge in [0.1, 0.15) is 0 Å². The average molecular weight is 486 g/mol. The first-order chi connectivity index (χ1) is 14.5. The van der Waals surface area contributed by atoms with Gasteiger partial charge >= 0.3 is 27.1 Å². The highest BCUT2D eigenvalue weighted by Gasteiger charge is 2.33. The zero-order valence-electron chi connectivity index (χ0n) is 15.5. The van der Waals surface area contributed by atoms with E-state index in [1.165, 1.54) is 24.3 Å². The Hall–Kier alpha value is -2.49. The van der Waals surface area contributed by atoms with Gasteiger partial charge in [-0.1, -0.05) is 60.7 Å². The van der Waals surface area contributed by atoms with Crippen molar-refractivity contribution >= 4 is 51.6 Å². The Bertz CT molecular complexity index is 999. The fourth-order valence-electron chi connectivity index (χ4n) is 2.10. The Labute approximate surface area is 180 Å². The molecule has 0 heterocycles. The lowest BCUT2D eigenvalue weighted by Gasteiger charge is -2.10. The molecule has 10 nitrogen and oxygen atoms in total. The summed E-state index contributed by atoms with van der Waals surface area (Å²) in [6.45, 7) is 0. The van der Waals surface area contributed by atoms with Gasteiger partial charge in [-0.05, 0) is 23.3 Å². The van der Waals surface area contributed by atoms with E-state index in [1.54, 1.807) is 36.4 Å². The summed E-state index contributed by atoms with van der Waals surface area (Å²) in [5.74, 6) is -3.00. The summed E-state index contributed by atoms with van der Waals surface area (Å²) in [5, 5.41) is -2.01. The van der Waals surface area contributed by atoms with Crippen LogP contribution in [0.15, 0.2) is 71.3 Å². The molecule has 4 N–H and O–H groups in total. The summed E-state index contributed by atoms with van der Waals surface area (Å²) in [7, 11) is -10.1. The van der Waals surface area contributed by atoms with Gasteiger partial charge in [-0.25, -0.2) is 9.59 Å². The Morgan fingerprint density at radius 2 is 1.00 bits per heavy atom. The van der Waals surface area contributed by atoms with Gasteiger partial charge in [-0.15, -0.1) is 0 Å². The maximum absolute atomic E-state index is 12.1. The normalized spacial score (nSPS) is 12.9. The monoisotopic (exact) mass is 486 g/mol. The van der Waals surface area contributed by atoms with Gasteiger partial charge < -0.3 is 27.9 Å². The molecule has 0 spiro atoms. The second kappa shape index (κ2) is 10.7. The molecule has 13 heteroatoms. The molecule has 2 aromatic carbocycles. The number of rotatable bonds is 8. The van der Waals surface area contributed by atoms with E-state index in [9.17, 15) is 38.3 Å². The van der Waals surface area contributed by atoms with Gasteiger partial charge in [0.05, 0.1) is 0 Å². The number of hydrogen-bond acceptors (Lipinski definition) is 7. The Kier molecular flexibility index (Phi) is 8.55. The van der Waals surface area contributed by atoms with E-state index in [4.69, 9.17) is 0 Å². The number of hydrogen-bond donors (Lipinski definition) is 4. The van der Waals surface area contributed by atoms with E-state index in [2.05, 4.69) is 8.37 Å². The van der Waals surface area contributed by atoms with Gasteiger partial charge in [0, 0.05) is 0 Å². The van der Waals surface area contributed by atoms with E-state index in [0.29, 0.717) is 11.1 Å². The molecule has 0 aromatic heterocycles. The Morgan fingerprint density at radius 1 is 0.677 bits per heavy atom. The standard InChI is InChI=1S/C18H16O10P2S/c19-17(15(29(21,22)23)11-13-7-3-1-4-8-13)27-31-28-18(20)16(30(24,25)26)12-14-9-5-2-6-10-14/h1-12H,(H2,21,22,23)(H2,24,25,26). The van der Waals surface area contributed by atoms with Crippen LogP contribution in [0.3, 0.4) is 0 Å². The lowest BCUT2D eigenvalue weighted by atomic mass is 10.2. The van der Waals surface area contributed by atoms with E-state index < -0.39 is 37.8 Å². The van der Waals surface area contributed by atoms with Crippen molar-refractivity contribution in [2.24, 2.45) is 0 Å². The van der Waals surface area contributed by atoms with Crippen LogP contribution in [0, 0.1) is 0 Å². The lowest BCUT2D eigenvalue weighted by Crippen LogP contribution is -2.08. The summed E-state index contributed by atoms with van der Waals surface area (Å²) in [6, 6.07) is 15.6. The van der Waals surface area contributed by atoms with Crippen LogP contribution in [-0.4, -0.2) is 31.5 Å². The molecule has 0 bridgehead atoms. The number of carbonyl (C=O) groups is 2. The average Bonchev–Trinajstić information content (AvgIpc) is 2.70. The van der Waals surface area contributed by atoms with Crippen molar-refractivity contribution in [1.29, 1.82) is 0 Å². The number of carbonyl (C=O) groups excluding carboxylic acids is 2. The maximum Gasteiger partial charge on any atom is 0.363 e. The molecular weight excluding hydrogens is 470 g/mol. The third-order valence-corrected chi connectivity index (χ3v) is 5.79.